The molecule has 4 N–H and O–H groups in total. The average molecular weight is 460 g/mol. The molecule has 0 aromatic rings. The quantitative estimate of drug-likeness (QED) is 0.222. The summed E-state index contributed by atoms with van der Waals surface area (Å²) in [6, 6.07) is 0. The second-order valence-corrected chi connectivity index (χ2v) is 10.2. The number of carbonyl (C=O) groups is 2. The van der Waals surface area contributed by atoms with Crippen LogP contribution in [0.5, 0.6) is 0 Å². The molecule has 2 amide bonds. The Morgan fingerprint density at radius 1 is 0.897 bits per heavy atom. The Hall–Kier alpha value is -1.28. The lowest BCUT2D eigenvalue weighted by Crippen LogP contribution is -2.44. The van der Waals surface area contributed by atoms with Crippen LogP contribution in [-0.4, -0.2) is 86.9 Å². The number of nitrogens with zero attached hydrogens (tertiary/aromatic N) is 1. The molecule has 0 heterocycles. The molecule has 0 spiro atoms. The number of hydrogen-bond donors (Lipinski definition) is 4. The van der Waals surface area contributed by atoms with E-state index >= 15 is 0 Å². The summed E-state index contributed by atoms with van der Waals surface area (Å²) in [5.41, 5.74) is 0. The number of carbonyl (C=O) groups excluding carboxylic acids is 2. The third kappa shape index (κ3) is 18.5. The van der Waals surface area contributed by atoms with Crippen LogP contribution in [0.1, 0.15) is 39.5 Å². The number of hydrogen-bond acceptors (Lipinski definition) is 7. The van der Waals surface area contributed by atoms with Gasteiger partial charge in [-0.3, -0.25) is 23.6 Å². The first-order valence-corrected chi connectivity index (χ1v) is 12.7. The fourth-order valence-corrected chi connectivity index (χ4v) is 3.19. The minimum Gasteiger partial charge on any atom is -0.354 e. The van der Waals surface area contributed by atoms with Crippen molar-refractivity contribution >= 4 is 32.1 Å². The smallest absolute Gasteiger partial charge is 0.266 e. The van der Waals surface area contributed by atoms with Gasteiger partial charge in [0.2, 0.25) is 11.8 Å². The Kier molecular flexibility index (Phi) is 13.2. The van der Waals surface area contributed by atoms with Crippen LogP contribution in [0, 0.1) is 5.92 Å². The molecule has 0 saturated heterocycles. The molecule has 0 aromatic carbocycles. The van der Waals surface area contributed by atoms with Gasteiger partial charge in [-0.1, -0.05) is 33.1 Å². The van der Waals surface area contributed by atoms with E-state index in [-0.39, 0.29) is 26.2 Å². The van der Waals surface area contributed by atoms with Gasteiger partial charge in [0.05, 0.1) is 24.6 Å². The van der Waals surface area contributed by atoms with Crippen LogP contribution >= 0.6 is 0 Å². The van der Waals surface area contributed by atoms with Gasteiger partial charge in [-0.25, -0.2) is 0 Å². The second kappa shape index (κ2) is 13.9. The van der Waals surface area contributed by atoms with Crippen molar-refractivity contribution in [3.8, 4) is 0 Å². The first-order valence-electron chi connectivity index (χ1n) is 9.48. The van der Waals surface area contributed by atoms with Gasteiger partial charge in [0.25, 0.3) is 20.2 Å². The zero-order chi connectivity index (χ0) is 22.5. The SMILES string of the molecule is CCCCC(C)CCN(CC(=O)NCCS(=O)(=O)O)CC(=O)NCCS(=O)(=O)O. The summed E-state index contributed by atoms with van der Waals surface area (Å²) < 4.78 is 60.2. The minimum atomic E-state index is -4.18. The van der Waals surface area contributed by atoms with E-state index in [1.807, 2.05) is 0 Å². The van der Waals surface area contributed by atoms with Crippen molar-refractivity contribution in [1.82, 2.24) is 15.5 Å². The van der Waals surface area contributed by atoms with E-state index in [0.717, 1.165) is 25.7 Å². The van der Waals surface area contributed by atoms with Crippen molar-refractivity contribution in [2.45, 2.75) is 39.5 Å². The Morgan fingerprint density at radius 2 is 1.34 bits per heavy atom. The van der Waals surface area contributed by atoms with E-state index < -0.39 is 43.6 Å². The highest BCUT2D eigenvalue weighted by atomic mass is 32.2. The van der Waals surface area contributed by atoms with Gasteiger partial charge in [0, 0.05) is 13.1 Å². The third-order valence-electron chi connectivity index (χ3n) is 4.09. The van der Waals surface area contributed by atoms with Crippen molar-refractivity contribution in [2.75, 3.05) is 44.2 Å². The van der Waals surface area contributed by atoms with E-state index in [9.17, 15) is 26.4 Å². The van der Waals surface area contributed by atoms with E-state index in [0.29, 0.717) is 12.5 Å². The minimum absolute atomic E-state index is 0.155. The maximum absolute atomic E-state index is 12.0. The fraction of sp³-hybridized carbons (Fsp3) is 0.875. The lowest BCUT2D eigenvalue weighted by atomic mass is 10.0. The highest BCUT2D eigenvalue weighted by Gasteiger charge is 2.17. The van der Waals surface area contributed by atoms with Crippen molar-refractivity contribution in [3.05, 3.63) is 0 Å². The van der Waals surface area contributed by atoms with Crippen molar-refractivity contribution in [2.24, 2.45) is 5.92 Å². The first kappa shape index (κ1) is 27.7. The maximum Gasteiger partial charge on any atom is 0.266 e. The van der Waals surface area contributed by atoms with Crippen molar-refractivity contribution < 1.29 is 35.5 Å². The predicted octanol–water partition coefficient (Wildman–Crippen LogP) is -0.487. The number of nitrogens with one attached hydrogen (secondary N) is 2. The fourth-order valence-electron chi connectivity index (χ4n) is 2.47. The van der Waals surface area contributed by atoms with Crippen LogP contribution in [0.4, 0.5) is 0 Å². The Balaban J connectivity index is 4.65. The van der Waals surface area contributed by atoms with Crippen LogP contribution < -0.4 is 10.6 Å². The Morgan fingerprint density at radius 3 is 1.72 bits per heavy atom. The number of unbranched alkanes of at least 4 members (excludes halogenated alkanes) is 1. The molecule has 29 heavy (non-hydrogen) atoms. The first-order chi connectivity index (χ1) is 13.3. The molecule has 0 saturated carbocycles. The highest BCUT2D eigenvalue weighted by Crippen LogP contribution is 2.12. The zero-order valence-electron chi connectivity index (χ0n) is 17.0. The lowest BCUT2D eigenvalue weighted by Gasteiger charge is -2.23. The molecule has 13 heteroatoms. The molecule has 0 rings (SSSR count). The summed E-state index contributed by atoms with van der Waals surface area (Å²) in [7, 11) is -8.36. The van der Waals surface area contributed by atoms with Crippen LogP contribution in [0.2, 0.25) is 0 Å². The average Bonchev–Trinajstić information content (AvgIpc) is 2.55. The van der Waals surface area contributed by atoms with Gasteiger partial charge in [-0.15, -0.1) is 0 Å². The number of rotatable bonds is 16. The highest BCUT2D eigenvalue weighted by molar-refractivity contribution is 7.86. The molecule has 11 nitrogen and oxygen atoms in total. The molecule has 1 atom stereocenters. The van der Waals surface area contributed by atoms with E-state index in [1.54, 1.807) is 4.90 Å². The standard InChI is InChI=1S/C16H33N3O8S2/c1-3-4-5-14(2)6-9-19(12-15(20)17-7-10-28(22,23)24)13-16(21)18-8-11-29(25,26)27/h14H,3-13H2,1-2H3,(H,17,20)(H,18,21)(H,22,23,24)(H,25,26,27). The van der Waals surface area contributed by atoms with Gasteiger partial charge in [-0.2, -0.15) is 16.8 Å². The normalized spacial score (nSPS) is 13.3. The van der Waals surface area contributed by atoms with E-state index in [4.69, 9.17) is 9.11 Å². The van der Waals surface area contributed by atoms with Gasteiger partial charge in [0.1, 0.15) is 0 Å². The second-order valence-electron chi connectivity index (χ2n) is 7.02. The Bertz CT molecular complexity index is 658. The van der Waals surface area contributed by atoms with Crippen LogP contribution in [0.15, 0.2) is 0 Å². The summed E-state index contributed by atoms with van der Waals surface area (Å²) in [4.78, 5) is 25.6. The molecular weight excluding hydrogens is 426 g/mol. The van der Waals surface area contributed by atoms with Gasteiger partial charge >= 0.3 is 0 Å². The summed E-state index contributed by atoms with van der Waals surface area (Å²) in [5.74, 6) is -1.82. The van der Waals surface area contributed by atoms with Gasteiger partial charge in [0.15, 0.2) is 0 Å². The summed E-state index contributed by atoms with van der Waals surface area (Å²) in [6.07, 6.45) is 3.91. The molecule has 0 aromatic heterocycles. The largest absolute Gasteiger partial charge is 0.354 e. The molecule has 0 radical (unpaired) electrons. The monoisotopic (exact) mass is 459 g/mol. The van der Waals surface area contributed by atoms with Crippen molar-refractivity contribution in [3.63, 3.8) is 0 Å². The number of amides is 2. The van der Waals surface area contributed by atoms with Gasteiger partial charge < -0.3 is 10.6 Å². The Labute approximate surface area is 173 Å². The topological polar surface area (TPSA) is 170 Å². The van der Waals surface area contributed by atoms with Crippen LogP contribution in [0.3, 0.4) is 0 Å². The lowest BCUT2D eigenvalue weighted by molar-refractivity contribution is -0.125. The molecule has 0 fully saturated rings. The summed E-state index contributed by atoms with van der Waals surface area (Å²) in [6.45, 7) is 3.80. The van der Waals surface area contributed by atoms with Gasteiger partial charge in [-0.05, 0) is 18.9 Å². The molecule has 1 unspecified atom stereocenters. The molecule has 0 aliphatic heterocycles. The predicted molar refractivity (Wildman–Crippen MR) is 109 cm³/mol. The molecule has 0 bridgehead atoms. The molecular formula is C16H33N3O8S2. The van der Waals surface area contributed by atoms with Crippen LogP contribution in [0.25, 0.3) is 0 Å². The van der Waals surface area contributed by atoms with E-state index in [2.05, 4.69) is 24.5 Å². The summed E-state index contributed by atoms with van der Waals surface area (Å²) in [5, 5.41) is 4.73. The maximum atomic E-state index is 12.0. The molecule has 0 aliphatic carbocycles. The third-order valence-corrected chi connectivity index (χ3v) is 5.53. The van der Waals surface area contributed by atoms with Crippen molar-refractivity contribution in [1.29, 1.82) is 0 Å². The molecule has 172 valence electrons. The van der Waals surface area contributed by atoms with Crippen LogP contribution in [-0.2, 0) is 29.8 Å². The summed E-state index contributed by atoms with van der Waals surface area (Å²) >= 11 is 0. The van der Waals surface area contributed by atoms with E-state index in [1.165, 1.54) is 0 Å². The zero-order valence-corrected chi connectivity index (χ0v) is 18.6. The molecule has 0 aliphatic rings.